The molecule has 2 N–H and O–H groups in total. The van der Waals surface area contributed by atoms with Gasteiger partial charge in [-0.2, -0.15) is 0 Å². The number of amides is 1. The Balaban J connectivity index is 1.13. The summed E-state index contributed by atoms with van der Waals surface area (Å²) in [5.74, 6) is -0.215. The SMILES string of the molecule is O=C(C[C@H]1CC[C@@H]2[C@H](COC[C@H](O)CN2Cc2ccccc2F)O1)N[C@@H]1CCN(Cc2ccccc2)C1. The van der Waals surface area contributed by atoms with Gasteiger partial charge in [0.2, 0.25) is 5.91 Å². The fraction of sp³-hybridized carbons (Fsp3) is 0.552. The van der Waals surface area contributed by atoms with Crippen molar-refractivity contribution >= 4 is 5.91 Å². The molecule has 0 spiro atoms. The predicted octanol–water partition coefficient (Wildman–Crippen LogP) is 2.72. The fourth-order valence-electron chi connectivity index (χ4n) is 5.90. The van der Waals surface area contributed by atoms with Crippen molar-refractivity contribution in [2.45, 2.75) is 69.2 Å². The number of carbonyl (C=O) groups excluding carboxylic acids is 1. The molecule has 3 aliphatic heterocycles. The summed E-state index contributed by atoms with van der Waals surface area (Å²) in [5.41, 5.74) is 1.90. The molecule has 0 unspecified atom stereocenters. The van der Waals surface area contributed by atoms with Gasteiger partial charge in [-0.1, -0.05) is 48.5 Å². The van der Waals surface area contributed by atoms with Gasteiger partial charge in [0.15, 0.2) is 0 Å². The van der Waals surface area contributed by atoms with Gasteiger partial charge in [0.25, 0.3) is 0 Å². The summed E-state index contributed by atoms with van der Waals surface area (Å²) >= 11 is 0. The Hall–Kier alpha value is -2.36. The van der Waals surface area contributed by atoms with Crippen molar-refractivity contribution in [1.29, 1.82) is 0 Å². The van der Waals surface area contributed by atoms with E-state index in [4.69, 9.17) is 9.47 Å². The highest BCUT2D eigenvalue weighted by atomic mass is 19.1. The van der Waals surface area contributed by atoms with Crippen LogP contribution >= 0.6 is 0 Å². The lowest BCUT2D eigenvalue weighted by atomic mass is 9.94. The molecule has 37 heavy (non-hydrogen) atoms. The van der Waals surface area contributed by atoms with E-state index >= 15 is 0 Å². The van der Waals surface area contributed by atoms with E-state index in [0.29, 0.717) is 31.7 Å². The first-order valence-electron chi connectivity index (χ1n) is 13.5. The number of fused-ring (bicyclic) bond motifs is 1. The van der Waals surface area contributed by atoms with Gasteiger partial charge in [-0.3, -0.25) is 14.6 Å². The average molecular weight is 512 g/mol. The van der Waals surface area contributed by atoms with Crippen LogP contribution in [-0.2, 0) is 27.4 Å². The second kappa shape index (κ2) is 12.5. The molecule has 0 radical (unpaired) electrons. The molecule has 3 aliphatic rings. The van der Waals surface area contributed by atoms with Gasteiger partial charge in [-0.25, -0.2) is 4.39 Å². The lowest BCUT2D eigenvalue weighted by molar-refractivity contribution is -0.158. The van der Waals surface area contributed by atoms with Gasteiger partial charge >= 0.3 is 0 Å². The molecule has 5 atom stereocenters. The second-order valence-corrected chi connectivity index (χ2v) is 10.6. The Morgan fingerprint density at radius 3 is 2.65 bits per heavy atom. The van der Waals surface area contributed by atoms with Crippen LogP contribution in [0.1, 0.15) is 36.8 Å². The first kappa shape index (κ1) is 26.3. The van der Waals surface area contributed by atoms with Crippen LogP contribution in [0, 0.1) is 5.82 Å². The number of ether oxygens (including phenoxy) is 2. The van der Waals surface area contributed by atoms with Crippen LogP contribution in [-0.4, -0.2) is 84.1 Å². The number of likely N-dealkylation sites (tertiary alicyclic amines) is 1. The maximum absolute atomic E-state index is 14.4. The maximum atomic E-state index is 14.4. The van der Waals surface area contributed by atoms with E-state index in [0.717, 1.165) is 38.9 Å². The van der Waals surface area contributed by atoms with E-state index in [1.54, 1.807) is 12.1 Å². The van der Waals surface area contributed by atoms with Gasteiger partial charge in [0.1, 0.15) is 5.82 Å². The minimum absolute atomic E-state index is 0.00440. The van der Waals surface area contributed by atoms with E-state index in [2.05, 4.69) is 39.4 Å². The number of nitrogens with zero attached hydrogens (tertiary/aromatic N) is 2. The molecule has 3 heterocycles. The van der Waals surface area contributed by atoms with E-state index in [1.807, 2.05) is 12.1 Å². The Bertz CT molecular complexity index is 1030. The van der Waals surface area contributed by atoms with E-state index in [-0.39, 0.29) is 42.6 Å². The van der Waals surface area contributed by atoms with Crippen molar-refractivity contribution in [3.8, 4) is 0 Å². The number of aliphatic hydroxyl groups excluding tert-OH is 1. The highest BCUT2D eigenvalue weighted by Crippen LogP contribution is 2.29. The molecule has 2 aromatic rings. The quantitative estimate of drug-likeness (QED) is 0.596. The number of hydrogen-bond donors (Lipinski definition) is 2. The smallest absolute Gasteiger partial charge is 0.222 e. The zero-order valence-corrected chi connectivity index (χ0v) is 21.3. The van der Waals surface area contributed by atoms with Crippen LogP contribution < -0.4 is 5.32 Å². The Morgan fingerprint density at radius 1 is 1.00 bits per heavy atom. The number of halogens is 1. The zero-order valence-electron chi connectivity index (χ0n) is 21.3. The summed E-state index contributed by atoms with van der Waals surface area (Å²) in [5, 5.41) is 13.6. The zero-order chi connectivity index (χ0) is 25.6. The van der Waals surface area contributed by atoms with E-state index in [1.165, 1.54) is 11.6 Å². The van der Waals surface area contributed by atoms with Gasteiger partial charge in [0.05, 0.1) is 37.9 Å². The van der Waals surface area contributed by atoms with Crippen molar-refractivity contribution in [2.24, 2.45) is 0 Å². The number of aliphatic hydroxyl groups is 1. The normalized spacial score (nSPS) is 29.3. The summed E-state index contributed by atoms with van der Waals surface area (Å²) in [4.78, 5) is 17.4. The third kappa shape index (κ3) is 7.15. The Kier molecular flexibility index (Phi) is 8.84. The minimum Gasteiger partial charge on any atom is -0.389 e. The van der Waals surface area contributed by atoms with Crippen LogP contribution in [0.15, 0.2) is 54.6 Å². The minimum atomic E-state index is -0.635. The molecule has 3 saturated heterocycles. The van der Waals surface area contributed by atoms with Crippen LogP contribution in [0.5, 0.6) is 0 Å². The van der Waals surface area contributed by atoms with Crippen molar-refractivity contribution in [3.05, 3.63) is 71.5 Å². The van der Waals surface area contributed by atoms with Crippen molar-refractivity contribution < 1.29 is 23.8 Å². The molecular weight excluding hydrogens is 473 g/mol. The molecule has 5 rings (SSSR count). The summed E-state index contributed by atoms with van der Waals surface area (Å²) < 4.78 is 26.5. The lowest BCUT2D eigenvalue weighted by Crippen LogP contribution is -2.55. The number of carbonyl (C=O) groups is 1. The molecule has 1 amide bonds. The van der Waals surface area contributed by atoms with Gasteiger partial charge in [0, 0.05) is 50.4 Å². The highest BCUT2D eigenvalue weighted by molar-refractivity contribution is 5.76. The molecule has 200 valence electrons. The van der Waals surface area contributed by atoms with Crippen LogP contribution in [0.4, 0.5) is 4.39 Å². The van der Waals surface area contributed by atoms with Gasteiger partial charge in [-0.05, 0) is 30.9 Å². The molecular formula is C29H38FN3O4. The highest BCUT2D eigenvalue weighted by Gasteiger charge is 2.38. The largest absolute Gasteiger partial charge is 0.389 e. The number of nitrogens with one attached hydrogen (secondary N) is 1. The topological polar surface area (TPSA) is 74.3 Å². The summed E-state index contributed by atoms with van der Waals surface area (Å²) in [6.07, 6.45) is 1.80. The average Bonchev–Trinajstić information content (AvgIpc) is 3.31. The third-order valence-electron chi connectivity index (χ3n) is 7.72. The van der Waals surface area contributed by atoms with Gasteiger partial charge in [-0.15, -0.1) is 0 Å². The first-order valence-corrected chi connectivity index (χ1v) is 13.5. The Labute approximate surface area is 218 Å². The van der Waals surface area contributed by atoms with Crippen molar-refractivity contribution in [1.82, 2.24) is 15.1 Å². The molecule has 0 aliphatic carbocycles. The van der Waals surface area contributed by atoms with Crippen LogP contribution in [0.2, 0.25) is 0 Å². The molecule has 7 nitrogen and oxygen atoms in total. The first-order chi connectivity index (χ1) is 18.0. The summed E-state index contributed by atoms with van der Waals surface area (Å²) in [6.45, 7) is 4.10. The summed E-state index contributed by atoms with van der Waals surface area (Å²) in [6, 6.07) is 17.3. The number of β-amino-alcohol motifs (C(OH)–C–C–N with tert-alkyl or cyclic N) is 1. The van der Waals surface area contributed by atoms with Gasteiger partial charge < -0.3 is 19.9 Å². The maximum Gasteiger partial charge on any atom is 0.222 e. The predicted molar refractivity (Wildman–Crippen MR) is 138 cm³/mol. The third-order valence-corrected chi connectivity index (χ3v) is 7.72. The number of hydrogen-bond acceptors (Lipinski definition) is 6. The van der Waals surface area contributed by atoms with E-state index < -0.39 is 6.10 Å². The number of rotatable bonds is 7. The molecule has 2 aromatic carbocycles. The molecule has 0 bridgehead atoms. The summed E-state index contributed by atoms with van der Waals surface area (Å²) in [7, 11) is 0. The fourth-order valence-corrected chi connectivity index (χ4v) is 5.90. The standard InChI is InChI=1S/C29H38FN3O4/c30-26-9-5-4-8-22(26)16-33-18-24(34)19-36-20-28-27(33)11-10-25(37-28)14-29(35)31-23-12-13-32(17-23)15-21-6-2-1-3-7-21/h1-9,23-25,27-28,34H,10-20H2,(H,31,35)/t23-,24-,25-,27-,28+/m1/s1. The molecule has 0 aromatic heterocycles. The lowest BCUT2D eigenvalue weighted by Gasteiger charge is -2.44. The van der Waals surface area contributed by atoms with E-state index in [9.17, 15) is 14.3 Å². The van der Waals surface area contributed by atoms with Crippen molar-refractivity contribution in [3.63, 3.8) is 0 Å². The second-order valence-electron chi connectivity index (χ2n) is 10.6. The van der Waals surface area contributed by atoms with Crippen LogP contribution in [0.3, 0.4) is 0 Å². The monoisotopic (exact) mass is 511 g/mol. The molecule has 0 saturated carbocycles. The Morgan fingerprint density at radius 2 is 1.81 bits per heavy atom. The molecule has 8 heteroatoms. The molecule has 3 fully saturated rings. The van der Waals surface area contributed by atoms with Crippen molar-refractivity contribution in [2.75, 3.05) is 32.8 Å². The number of benzene rings is 2. The van der Waals surface area contributed by atoms with Crippen LogP contribution in [0.25, 0.3) is 0 Å².